The smallest absolute Gasteiger partial charge is 0.165 e. The Morgan fingerprint density at radius 1 is 0.431 bits per heavy atom. The van der Waals surface area contributed by atoms with Crippen LogP contribution in [0, 0.1) is 5.92 Å². The number of rotatable bonds is 3. The number of aromatic nitrogens is 2. The van der Waals surface area contributed by atoms with Gasteiger partial charge in [0.05, 0.1) is 39.0 Å². The summed E-state index contributed by atoms with van der Waals surface area (Å²) in [5.41, 5.74) is 11.2. The molecule has 0 spiro atoms. The summed E-state index contributed by atoms with van der Waals surface area (Å²) in [6.45, 7) is 2.28. The normalized spacial score (nSPS) is 17.3. The van der Waals surface area contributed by atoms with Gasteiger partial charge in [-0.25, -0.2) is 9.98 Å². The third-order valence-electron chi connectivity index (χ3n) is 13.6. The average molecular weight is 835 g/mol. The fourth-order valence-electron chi connectivity index (χ4n) is 10.6. The van der Waals surface area contributed by atoms with Crippen LogP contribution in [0.5, 0.6) is 0 Å². The van der Waals surface area contributed by atoms with Crippen molar-refractivity contribution in [2.45, 2.75) is 13.3 Å². The molecule has 1 aliphatic rings. The number of fused-ring (bicyclic) bond motifs is 13. The predicted molar refractivity (Wildman–Crippen MR) is 270 cm³/mol. The second-order valence-electron chi connectivity index (χ2n) is 17.3. The van der Waals surface area contributed by atoms with Crippen LogP contribution >= 0.6 is 0 Å². The maximum Gasteiger partial charge on any atom is 0.165 e. The lowest BCUT2D eigenvalue weighted by atomic mass is 9.99. The molecule has 0 bridgehead atoms. The van der Waals surface area contributed by atoms with Crippen molar-refractivity contribution in [1.29, 1.82) is 0 Å². The maximum absolute atomic E-state index is 7.01. The molecular formula is C59H38N4O2. The highest BCUT2D eigenvalue weighted by atomic mass is 16.3. The van der Waals surface area contributed by atoms with Crippen LogP contribution in [0.2, 0.25) is 0 Å². The van der Waals surface area contributed by atoms with E-state index < -0.39 is 0 Å². The molecule has 14 rings (SSSR count). The molecule has 6 heteroatoms. The lowest BCUT2D eigenvalue weighted by molar-refractivity contribution is 0.666. The first kappa shape index (κ1) is 36.0. The number of hydrogen-bond donors (Lipinski definition) is 0. The highest BCUT2D eigenvalue weighted by molar-refractivity contribution is 6.22. The second kappa shape index (κ2) is 13.8. The lowest BCUT2D eigenvalue weighted by Gasteiger charge is -2.21. The molecule has 0 fully saturated rings. The van der Waals surface area contributed by atoms with E-state index in [0.717, 1.165) is 94.3 Å². The average Bonchev–Trinajstić information content (AvgIpc) is 4.10. The highest BCUT2D eigenvalue weighted by Crippen LogP contribution is 2.44. The highest BCUT2D eigenvalue weighted by Gasteiger charge is 2.27. The summed E-state index contributed by atoms with van der Waals surface area (Å²) in [6, 6.07) is 66.6. The van der Waals surface area contributed by atoms with Crippen LogP contribution in [0.15, 0.2) is 213 Å². The van der Waals surface area contributed by atoms with Gasteiger partial charge in [0.1, 0.15) is 22.6 Å². The Kier molecular flexibility index (Phi) is 7.63. The molecular weight excluding hydrogens is 797 g/mol. The molecule has 0 N–H and O–H groups in total. The minimum atomic E-state index is -0.0115. The van der Waals surface area contributed by atoms with Crippen LogP contribution in [-0.2, 0) is 0 Å². The quantitative estimate of drug-likeness (QED) is 0.178. The number of furan rings is 2. The monoisotopic (exact) mass is 834 g/mol. The number of allylic oxidation sites excluding steroid dienone is 1. The van der Waals surface area contributed by atoms with Gasteiger partial charge in [0, 0.05) is 54.6 Å². The number of para-hydroxylation sites is 6. The third kappa shape index (κ3) is 5.28. The summed E-state index contributed by atoms with van der Waals surface area (Å²) < 4.78 is 18.5. The van der Waals surface area contributed by atoms with Crippen molar-refractivity contribution in [2.24, 2.45) is 15.9 Å². The Morgan fingerprint density at radius 3 is 1.66 bits per heavy atom. The minimum Gasteiger partial charge on any atom is -0.455 e. The Bertz CT molecular complexity index is 4190. The lowest BCUT2D eigenvalue weighted by Crippen LogP contribution is -2.23. The topological polar surface area (TPSA) is 60.9 Å². The number of amidine groups is 1. The molecule has 0 amide bonds. The summed E-state index contributed by atoms with van der Waals surface area (Å²) >= 11 is 0. The molecule has 306 valence electrons. The number of benzene rings is 9. The van der Waals surface area contributed by atoms with Gasteiger partial charge in [-0.1, -0.05) is 140 Å². The second-order valence-corrected chi connectivity index (χ2v) is 17.3. The zero-order valence-corrected chi connectivity index (χ0v) is 35.4. The van der Waals surface area contributed by atoms with E-state index in [-0.39, 0.29) is 5.92 Å². The van der Waals surface area contributed by atoms with Crippen LogP contribution in [-0.4, -0.2) is 20.8 Å². The molecule has 0 saturated heterocycles. The molecule has 0 saturated carbocycles. The minimum absolute atomic E-state index is 0.0115. The summed E-state index contributed by atoms with van der Waals surface area (Å²) in [5, 5.41) is 11.3. The third-order valence-corrected chi connectivity index (χ3v) is 13.6. The van der Waals surface area contributed by atoms with Crippen molar-refractivity contribution in [3.8, 4) is 5.69 Å². The van der Waals surface area contributed by atoms with Crippen molar-refractivity contribution in [2.75, 3.05) is 0 Å². The molecule has 5 heterocycles. The van der Waals surface area contributed by atoms with Crippen molar-refractivity contribution in [3.63, 3.8) is 0 Å². The fourth-order valence-corrected chi connectivity index (χ4v) is 10.6. The molecule has 65 heavy (non-hydrogen) atoms. The van der Waals surface area contributed by atoms with Gasteiger partial charge < -0.3 is 13.4 Å². The van der Waals surface area contributed by atoms with E-state index in [2.05, 4.69) is 192 Å². The fraction of sp³-hybridized carbons (Fsp3) is 0.0508. The Labute approximate surface area is 372 Å². The van der Waals surface area contributed by atoms with E-state index in [1.165, 1.54) is 32.3 Å². The molecule has 13 aromatic rings. The van der Waals surface area contributed by atoms with Gasteiger partial charge in [-0.3, -0.25) is 4.57 Å². The van der Waals surface area contributed by atoms with Crippen LogP contribution in [0.25, 0.3) is 110 Å². The Morgan fingerprint density at radius 2 is 0.969 bits per heavy atom. The van der Waals surface area contributed by atoms with Gasteiger partial charge in [-0.15, -0.1) is 0 Å². The molecule has 1 aliphatic heterocycles. The van der Waals surface area contributed by atoms with E-state index in [0.29, 0.717) is 12.3 Å². The van der Waals surface area contributed by atoms with Gasteiger partial charge >= 0.3 is 0 Å². The molecule has 9 aromatic carbocycles. The number of aliphatic imine (C=N–C) groups is 2. The summed E-state index contributed by atoms with van der Waals surface area (Å²) in [5.74, 6) is 1.49. The first-order valence-electron chi connectivity index (χ1n) is 22.3. The van der Waals surface area contributed by atoms with Crippen molar-refractivity contribution < 1.29 is 8.83 Å². The van der Waals surface area contributed by atoms with Gasteiger partial charge in [0.2, 0.25) is 0 Å². The molecule has 1 atom stereocenters. The SMILES string of the molecule is CC1C/C=C(c2ccc3c(oc4ccccc43)c2-n2c3ccccc3c3cc4ccccc4cc32)/N=C(c2cccc3c2oc2ccccc23)\N=C/1n1c2ccccc2c2ccccc21. The molecule has 0 aliphatic carbocycles. The molecule has 6 nitrogen and oxygen atoms in total. The summed E-state index contributed by atoms with van der Waals surface area (Å²) in [6.07, 6.45) is 3.00. The standard InChI is InChI=1S/C59H38N4O2/c1-35-29-32-48(45-31-30-44-42-21-8-13-28-54(42)65-57(44)55(45)62-49-24-9-6-19-40(49)47-33-36-15-2-3-16-37(36)34-52(47)62)60-58(46-23-14-22-43-41-20-7-12-27-53(41)64-56(43)46)61-59(35)63-50-25-10-4-17-38(50)39-18-5-11-26-51(39)63/h2-28,30-35H,29H2,1H3/b48-32+,60-58-,61-59+. The van der Waals surface area contributed by atoms with Gasteiger partial charge in [0.15, 0.2) is 11.4 Å². The first-order chi connectivity index (χ1) is 32.2. The van der Waals surface area contributed by atoms with Crippen LogP contribution in [0.1, 0.15) is 24.5 Å². The summed E-state index contributed by atoms with van der Waals surface area (Å²) in [4.78, 5) is 11.5. The molecule has 4 aromatic heterocycles. The predicted octanol–water partition coefficient (Wildman–Crippen LogP) is 15.6. The number of hydrogen-bond acceptors (Lipinski definition) is 4. The van der Waals surface area contributed by atoms with E-state index in [4.69, 9.17) is 18.8 Å². The van der Waals surface area contributed by atoms with Crippen LogP contribution in [0.4, 0.5) is 0 Å². The van der Waals surface area contributed by atoms with Gasteiger partial charge in [0.25, 0.3) is 0 Å². The van der Waals surface area contributed by atoms with Crippen LogP contribution < -0.4 is 0 Å². The van der Waals surface area contributed by atoms with E-state index >= 15 is 0 Å². The van der Waals surface area contributed by atoms with Gasteiger partial charge in [-0.2, -0.15) is 0 Å². The maximum atomic E-state index is 7.01. The Hall–Kier alpha value is -8.48. The zero-order chi connectivity index (χ0) is 42.8. The summed E-state index contributed by atoms with van der Waals surface area (Å²) in [7, 11) is 0. The van der Waals surface area contributed by atoms with Crippen LogP contribution in [0.3, 0.4) is 0 Å². The zero-order valence-electron chi connectivity index (χ0n) is 35.4. The van der Waals surface area contributed by atoms with Crippen molar-refractivity contribution >= 4 is 116 Å². The largest absolute Gasteiger partial charge is 0.455 e. The van der Waals surface area contributed by atoms with E-state index in [1.807, 2.05) is 18.2 Å². The van der Waals surface area contributed by atoms with Gasteiger partial charge in [-0.05, 0) is 77.9 Å². The van der Waals surface area contributed by atoms with E-state index in [1.54, 1.807) is 0 Å². The number of nitrogens with zero attached hydrogens (tertiary/aromatic N) is 4. The molecule has 1 unspecified atom stereocenters. The first-order valence-corrected chi connectivity index (χ1v) is 22.3. The molecule has 0 radical (unpaired) electrons. The van der Waals surface area contributed by atoms with Crippen molar-refractivity contribution in [3.05, 3.63) is 205 Å². The van der Waals surface area contributed by atoms with Crippen molar-refractivity contribution in [1.82, 2.24) is 9.13 Å². The van der Waals surface area contributed by atoms with E-state index in [9.17, 15) is 0 Å². The Balaban J connectivity index is 1.10.